The summed E-state index contributed by atoms with van der Waals surface area (Å²) in [5.74, 6) is 0. The van der Waals surface area contributed by atoms with Crippen LogP contribution < -0.4 is 0 Å². The van der Waals surface area contributed by atoms with Crippen molar-refractivity contribution >= 4 is 0 Å². The van der Waals surface area contributed by atoms with Crippen LogP contribution in [0.25, 0.3) is 0 Å². The van der Waals surface area contributed by atoms with Gasteiger partial charge in [0.05, 0.1) is 0 Å². The summed E-state index contributed by atoms with van der Waals surface area (Å²) in [5, 5.41) is 0. The molecule has 0 atom stereocenters. The van der Waals surface area contributed by atoms with E-state index in [1.807, 2.05) is 0 Å². The molecule has 82 valence electrons. The van der Waals surface area contributed by atoms with Gasteiger partial charge in [-0.05, 0) is 0 Å². The summed E-state index contributed by atoms with van der Waals surface area (Å²) in [7, 11) is 0. The molecule has 0 N–H and O–H groups in total. The molecule has 0 saturated carbocycles. The molecule has 2 rings (SSSR count). The van der Waals surface area contributed by atoms with Gasteiger partial charge in [0.1, 0.15) is 0 Å². The van der Waals surface area contributed by atoms with E-state index in [1.54, 1.807) is 0 Å². The molecule has 0 fully saturated rings. The summed E-state index contributed by atoms with van der Waals surface area (Å²) in [5.41, 5.74) is 5.44. The van der Waals surface area contributed by atoms with Gasteiger partial charge in [-0.3, -0.25) is 0 Å². The monoisotopic (exact) mass is 242 g/mol. The third kappa shape index (κ3) is 5.61. The van der Waals surface area contributed by atoms with Crippen LogP contribution in [0.3, 0.4) is 0 Å². The second kappa shape index (κ2) is 6.66. The third-order valence-corrected chi connectivity index (χ3v) is 2.13. The van der Waals surface area contributed by atoms with Gasteiger partial charge in [0.25, 0.3) is 0 Å². The Morgan fingerprint density at radius 2 is 1.80 bits per heavy atom. The molecular formula is C14H18Fe. The molecule has 1 heteroatoms. The smallest absolute Gasteiger partial charge is 0.211 e. The molecule has 0 unspecified atom stereocenters. The van der Waals surface area contributed by atoms with Gasteiger partial charge in [-0.1, -0.05) is 27.7 Å². The van der Waals surface area contributed by atoms with Gasteiger partial charge in [0.2, 0.25) is 0 Å². The minimum absolute atomic E-state index is 0. The third-order valence-electron chi connectivity index (χ3n) is 2.13. The summed E-state index contributed by atoms with van der Waals surface area (Å²) in [6.45, 7) is 8.42. The first-order valence-electron chi connectivity index (χ1n) is 4.98. The van der Waals surface area contributed by atoms with E-state index in [4.69, 9.17) is 0 Å². The second-order valence-electron chi connectivity index (χ2n) is 3.93. The Morgan fingerprint density at radius 1 is 1.13 bits per heavy atom. The average Bonchev–Trinajstić information content (AvgIpc) is 2.63. The molecule has 2 aromatic rings. The maximum atomic E-state index is 2.17. The Morgan fingerprint density at radius 3 is 1.93 bits per heavy atom. The quantitative estimate of drug-likeness (QED) is 0.483. The summed E-state index contributed by atoms with van der Waals surface area (Å²) in [6, 6.07) is 12.8. The van der Waals surface area contributed by atoms with Gasteiger partial charge < -0.3 is 0 Å². The van der Waals surface area contributed by atoms with Gasteiger partial charge in [0, 0.05) is 0 Å². The first-order chi connectivity index (χ1) is 6.58. The predicted octanol–water partition coefficient (Wildman–Crippen LogP) is 4.04. The van der Waals surface area contributed by atoms with E-state index < -0.39 is 0 Å². The number of rotatable bonds is 0. The van der Waals surface area contributed by atoms with Crippen molar-refractivity contribution in [2.45, 2.75) is 27.7 Å². The number of aryl methyl sites for hydroxylation is 4. The van der Waals surface area contributed by atoms with Crippen LogP contribution in [0.1, 0.15) is 22.3 Å². The number of hydrogen-bond acceptors (Lipinski definition) is 0. The predicted molar refractivity (Wildman–Crippen MR) is 63.0 cm³/mol. The van der Waals surface area contributed by atoms with Crippen LogP contribution in [-0.2, 0) is 17.1 Å². The van der Waals surface area contributed by atoms with E-state index in [2.05, 4.69) is 64.1 Å². The van der Waals surface area contributed by atoms with Crippen LogP contribution >= 0.6 is 0 Å². The zero-order valence-corrected chi connectivity index (χ0v) is 10.9. The van der Waals surface area contributed by atoms with Crippen molar-refractivity contribution in [1.29, 1.82) is 0 Å². The SMILES string of the molecule is Cc1c[cH-]c(C)c1.Cc1cc[c-](C)c1.[Fe+2]. The standard InChI is InChI=1S/2C7H9.Fe/c2*1-6-3-4-7(2)5-6;/h2*3-5H,1-2H3;/q2*-1;+2. The van der Waals surface area contributed by atoms with Crippen LogP contribution in [0.4, 0.5) is 0 Å². The van der Waals surface area contributed by atoms with E-state index in [1.165, 1.54) is 22.3 Å². The fraction of sp³-hybridized carbons (Fsp3) is 0.286. The van der Waals surface area contributed by atoms with Crippen molar-refractivity contribution < 1.29 is 17.1 Å². The number of hydrogen-bond donors (Lipinski definition) is 0. The molecule has 0 nitrogen and oxygen atoms in total. The van der Waals surface area contributed by atoms with Crippen LogP contribution in [-0.4, -0.2) is 0 Å². The normalized spacial score (nSPS) is 8.80. The van der Waals surface area contributed by atoms with Gasteiger partial charge in [-0.2, -0.15) is 35.4 Å². The molecule has 2 aromatic carbocycles. The molecule has 0 radical (unpaired) electrons. The van der Waals surface area contributed by atoms with E-state index in [9.17, 15) is 0 Å². The topological polar surface area (TPSA) is 0 Å². The van der Waals surface area contributed by atoms with Crippen molar-refractivity contribution in [2.24, 2.45) is 0 Å². The molecule has 0 aromatic heterocycles. The maximum absolute atomic E-state index is 2.17. The summed E-state index contributed by atoms with van der Waals surface area (Å²) in [6.07, 6.45) is 0. The fourth-order valence-corrected chi connectivity index (χ4v) is 1.44. The first kappa shape index (κ1) is 14.2. The molecule has 0 aliphatic heterocycles. The molecule has 0 aliphatic carbocycles. The minimum Gasteiger partial charge on any atom is -0.211 e. The zero-order valence-electron chi connectivity index (χ0n) is 9.82. The van der Waals surface area contributed by atoms with Crippen molar-refractivity contribution in [2.75, 3.05) is 0 Å². The largest absolute Gasteiger partial charge is 2.00 e. The van der Waals surface area contributed by atoms with E-state index in [0.29, 0.717) is 0 Å². The molecule has 0 heterocycles. The maximum Gasteiger partial charge on any atom is 2.00 e. The van der Waals surface area contributed by atoms with Crippen molar-refractivity contribution in [1.82, 2.24) is 0 Å². The van der Waals surface area contributed by atoms with E-state index in [-0.39, 0.29) is 17.1 Å². The molecule has 15 heavy (non-hydrogen) atoms. The Labute approximate surface area is 104 Å². The Kier molecular flexibility index (Phi) is 6.31. The van der Waals surface area contributed by atoms with Crippen LogP contribution in [0.15, 0.2) is 36.4 Å². The molecule has 0 saturated heterocycles. The van der Waals surface area contributed by atoms with Gasteiger partial charge in [-0.15, -0.1) is 0 Å². The van der Waals surface area contributed by atoms with Crippen molar-refractivity contribution in [3.05, 3.63) is 58.7 Å². The van der Waals surface area contributed by atoms with Crippen molar-refractivity contribution in [3.8, 4) is 0 Å². The molecule has 0 bridgehead atoms. The summed E-state index contributed by atoms with van der Waals surface area (Å²) < 4.78 is 0. The van der Waals surface area contributed by atoms with Gasteiger partial charge in [0.15, 0.2) is 0 Å². The fourth-order valence-electron chi connectivity index (χ4n) is 1.44. The van der Waals surface area contributed by atoms with Gasteiger partial charge >= 0.3 is 17.1 Å². The molecular weight excluding hydrogens is 224 g/mol. The van der Waals surface area contributed by atoms with Crippen LogP contribution in [0.5, 0.6) is 0 Å². The van der Waals surface area contributed by atoms with E-state index >= 15 is 0 Å². The average molecular weight is 242 g/mol. The van der Waals surface area contributed by atoms with Crippen LogP contribution in [0, 0.1) is 27.7 Å². The van der Waals surface area contributed by atoms with Crippen molar-refractivity contribution in [3.63, 3.8) is 0 Å². The first-order valence-corrected chi connectivity index (χ1v) is 4.98. The zero-order chi connectivity index (χ0) is 10.6. The Balaban J connectivity index is 0.000000245. The Bertz CT molecular complexity index is 308. The summed E-state index contributed by atoms with van der Waals surface area (Å²) in [4.78, 5) is 0. The van der Waals surface area contributed by atoms with Crippen LogP contribution in [0.2, 0.25) is 0 Å². The molecule has 0 aliphatic rings. The molecule has 0 amide bonds. The molecule has 0 spiro atoms. The van der Waals surface area contributed by atoms with E-state index in [0.717, 1.165) is 0 Å². The second-order valence-corrected chi connectivity index (χ2v) is 3.93. The summed E-state index contributed by atoms with van der Waals surface area (Å²) >= 11 is 0. The van der Waals surface area contributed by atoms with Gasteiger partial charge in [-0.25, -0.2) is 23.3 Å². The minimum atomic E-state index is 0. The Hall–Kier alpha value is -0.781.